The number of nitrogens with zero attached hydrogens (tertiary/aromatic N) is 2. The molecule has 3 rings (SSSR count). The second-order valence-electron chi connectivity index (χ2n) is 5.06. The summed E-state index contributed by atoms with van der Waals surface area (Å²) in [6.07, 6.45) is 2.16. The average molecular weight is 397 g/mol. The van der Waals surface area contributed by atoms with Crippen molar-refractivity contribution < 1.29 is 19.5 Å². The van der Waals surface area contributed by atoms with Gasteiger partial charge in [0.05, 0.1) is 10.9 Å². The van der Waals surface area contributed by atoms with E-state index in [0.29, 0.717) is 36.5 Å². The van der Waals surface area contributed by atoms with E-state index in [4.69, 9.17) is 33.4 Å². The molecule has 1 amide bonds. The smallest absolute Gasteiger partial charge is 0.373 e. The summed E-state index contributed by atoms with van der Waals surface area (Å²) in [6.45, 7) is 2.71. The Kier molecular flexibility index (Phi) is 6.39. The molecule has 2 heterocycles. The van der Waals surface area contributed by atoms with Crippen LogP contribution in [0.4, 0.5) is 0 Å². The zero-order valence-corrected chi connectivity index (χ0v) is 15.5. The Bertz CT molecular complexity index is 1030. The SMILES string of the molecule is CCCCn1c(O)c(C2=c3cc(Cl)ccc3=NC2=O)sc1=S.O=C=O. The Morgan fingerprint density at radius 2 is 2.08 bits per heavy atom. The molecule has 0 unspecified atom stereocenters. The molecule has 1 aliphatic rings. The first-order chi connectivity index (χ1) is 11.9. The number of halogens is 1. The highest BCUT2D eigenvalue weighted by Gasteiger charge is 2.25. The van der Waals surface area contributed by atoms with Gasteiger partial charge in [-0.2, -0.15) is 9.59 Å². The van der Waals surface area contributed by atoms with Crippen LogP contribution >= 0.6 is 35.2 Å². The van der Waals surface area contributed by atoms with E-state index in [1.807, 2.05) is 0 Å². The van der Waals surface area contributed by atoms with Crippen molar-refractivity contribution in [2.24, 2.45) is 4.99 Å². The predicted molar refractivity (Wildman–Crippen MR) is 94.5 cm³/mol. The largest absolute Gasteiger partial charge is 0.493 e. The molecule has 0 radical (unpaired) electrons. The molecule has 0 spiro atoms. The minimum absolute atomic E-state index is 0.0369. The fraction of sp³-hybridized carbons (Fsp3) is 0.250. The number of aromatic hydroxyl groups is 1. The van der Waals surface area contributed by atoms with Crippen LogP contribution < -0.4 is 10.6 Å². The number of unbranched alkanes of at least 4 members (excludes halogenated alkanes) is 1. The third kappa shape index (κ3) is 3.93. The molecule has 0 atom stereocenters. The molecular weight excluding hydrogens is 384 g/mol. The predicted octanol–water partition coefficient (Wildman–Crippen LogP) is 2.21. The van der Waals surface area contributed by atoms with Gasteiger partial charge in [0.2, 0.25) is 5.88 Å². The molecule has 0 fully saturated rings. The van der Waals surface area contributed by atoms with E-state index in [0.717, 1.165) is 12.8 Å². The highest BCUT2D eigenvalue weighted by molar-refractivity contribution is 7.73. The van der Waals surface area contributed by atoms with Crippen LogP contribution in [0, 0.1) is 3.95 Å². The number of benzene rings is 1. The molecule has 9 heteroatoms. The van der Waals surface area contributed by atoms with Crippen LogP contribution in [0.25, 0.3) is 5.57 Å². The van der Waals surface area contributed by atoms with Gasteiger partial charge in [-0.3, -0.25) is 9.36 Å². The number of carbonyl (C=O) groups excluding carboxylic acids is 3. The summed E-state index contributed by atoms with van der Waals surface area (Å²) in [5.74, 6) is -0.332. The molecule has 6 nitrogen and oxygen atoms in total. The number of hydrogen-bond donors (Lipinski definition) is 1. The normalized spacial score (nSPS) is 12.1. The summed E-state index contributed by atoms with van der Waals surface area (Å²) < 4.78 is 2.22. The molecule has 0 aliphatic carbocycles. The first kappa shape index (κ1) is 19.2. The summed E-state index contributed by atoms with van der Waals surface area (Å²) >= 11 is 12.6. The summed E-state index contributed by atoms with van der Waals surface area (Å²) in [7, 11) is 0. The number of carbonyl (C=O) groups is 1. The zero-order valence-electron chi connectivity index (χ0n) is 13.1. The minimum atomic E-state index is -0.369. The topological polar surface area (TPSA) is 88.7 Å². The monoisotopic (exact) mass is 396 g/mol. The van der Waals surface area contributed by atoms with Crippen molar-refractivity contribution in [2.75, 3.05) is 0 Å². The highest BCUT2D eigenvalue weighted by atomic mass is 35.5. The van der Waals surface area contributed by atoms with Crippen LogP contribution in [0.2, 0.25) is 5.02 Å². The highest BCUT2D eigenvalue weighted by Crippen LogP contribution is 2.32. The molecule has 1 N–H and O–H groups in total. The molecule has 130 valence electrons. The van der Waals surface area contributed by atoms with Gasteiger partial charge in [0.1, 0.15) is 4.88 Å². The Labute approximate surface area is 156 Å². The van der Waals surface area contributed by atoms with E-state index in [2.05, 4.69) is 11.9 Å². The van der Waals surface area contributed by atoms with Crippen LogP contribution in [0.3, 0.4) is 0 Å². The van der Waals surface area contributed by atoms with Gasteiger partial charge in [0.25, 0.3) is 5.91 Å². The number of fused-ring (bicyclic) bond motifs is 1. The number of rotatable bonds is 4. The first-order valence-corrected chi connectivity index (χ1v) is 8.90. The fourth-order valence-corrected chi connectivity index (χ4v) is 3.94. The van der Waals surface area contributed by atoms with Crippen molar-refractivity contribution in [1.29, 1.82) is 0 Å². The van der Waals surface area contributed by atoms with Gasteiger partial charge in [0.15, 0.2) is 3.95 Å². The zero-order chi connectivity index (χ0) is 18.6. The van der Waals surface area contributed by atoms with E-state index < -0.39 is 0 Å². The molecule has 1 aliphatic heterocycles. The van der Waals surface area contributed by atoms with Gasteiger partial charge in [-0.25, -0.2) is 4.99 Å². The molecule has 1 aromatic heterocycles. The lowest BCUT2D eigenvalue weighted by atomic mass is 10.1. The Hall–Kier alpha value is -2.12. The van der Waals surface area contributed by atoms with Crippen LogP contribution in [-0.2, 0) is 20.9 Å². The summed E-state index contributed by atoms with van der Waals surface area (Å²) in [5.41, 5.74) is 0.376. The number of thiazole rings is 1. The van der Waals surface area contributed by atoms with Crippen molar-refractivity contribution >= 4 is 52.8 Å². The van der Waals surface area contributed by atoms with Crippen LogP contribution in [-0.4, -0.2) is 21.7 Å². The van der Waals surface area contributed by atoms with Gasteiger partial charge < -0.3 is 5.11 Å². The third-order valence-electron chi connectivity index (χ3n) is 3.49. The maximum atomic E-state index is 12.2. The van der Waals surface area contributed by atoms with Gasteiger partial charge in [0, 0.05) is 16.8 Å². The molecule has 0 saturated carbocycles. The van der Waals surface area contributed by atoms with E-state index in [9.17, 15) is 9.90 Å². The lowest BCUT2D eigenvalue weighted by molar-refractivity contribution is -0.191. The first-order valence-electron chi connectivity index (χ1n) is 7.29. The van der Waals surface area contributed by atoms with Crippen molar-refractivity contribution in [1.82, 2.24) is 4.57 Å². The van der Waals surface area contributed by atoms with Crippen molar-refractivity contribution in [3.05, 3.63) is 42.6 Å². The third-order valence-corrected chi connectivity index (χ3v) is 5.19. The van der Waals surface area contributed by atoms with Gasteiger partial charge in [-0.1, -0.05) is 24.9 Å². The summed E-state index contributed by atoms with van der Waals surface area (Å²) in [6, 6.07) is 5.08. The second kappa shape index (κ2) is 8.31. The van der Waals surface area contributed by atoms with Crippen molar-refractivity contribution in [2.45, 2.75) is 26.3 Å². The minimum Gasteiger partial charge on any atom is -0.493 e. The average Bonchev–Trinajstić information content (AvgIpc) is 3.02. The number of hydrogen-bond acceptors (Lipinski definition) is 6. The van der Waals surface area contributed by atoms with Gasteiger partial charge >= 0.3 is 6.15 Å². The van der Waals surface area contributed by atoms with Gasteiger partial charge in [-0.05, 0) is 36.8 Å². The van der Waals surface area contributed by atoms with Gasteiger partial charge in [-0.15, -0.1) is 11.3 Å². The molecule has 25 heavy (non-hydrogen) atoms. The van der Waals surface area contributed by atoms with E-state index in [-0.39, 0.29) is 17.9 Å². The fourth-order valence-electron chi connectivity index (χ4n) is 2.38. The Balaban J connectivity index is 0.000000701. The molecule has 2 aromatic rings. The molecule has 0 saturated heterocycles. The van der Waals surface area contributed by atoms with Crippen molar-refractivity contribution in [3.63, 3.8) is 0 Å². The Morgan fingerprint density at radius 3 is 2.72 bits per heavy atom. The Morgan fingerprint density at radius 1 is 1.40 bits per heavy atom. The lowest BCUT2D eigenvalue weighted by Crippen LogP contribution is -2.22. The summed E-state index contributed by atoms with van der Waals surface area (Å²) in [4.78, 5) is 33.0. The summed E-state index contributed by atoms with van der Waals surface area (Å²) in [5, 5.41) is 12.2. The molecule has 1 aromatic carbocycles. The second-order valence-corrected chi connectivity index (χ2v) is 7.14. The van der Waals surface area contributed by atoms with E-state index >= 15 is 0 Å². The van der Waals surface area contributed by atoms with Crippen LogP contribution in [0.5, 0.6) is 5.88 Å². The van der Waals surface area contributed by atoms with Crippen LogP contribution in [0.1, 0.15) is 24.6 Å². The molecule has 0 bridgehead atoms. The lowest BCUT2D eigenvalue weighted by Gasteiger charge is -2.04. The van der Waals surface area contributed by atoms with E-state index in [1.165, 1.54) is 11.3 Å². The standard InChI is InChI=1S/C15H13ClN2O2S2.CO2/c1-2-3-6-18-14(20)12(22-15(18)21)11-9-7-8(16)4-5-10(9)17-13(11)19;2-1-3/h4-5,7,20H,2-3,6H2,1H3;. The molecular formula is C16H13ClN2O4S2. The van der Waals surface area contributed by atoms with Crippen LogP contribution in [0.15, 0.2) is 23.2 Å². The number of aromatic nitrogens is 1. The quantitative estimate of drug-likeness (QED) is 0.800. The maximum Gasteiger partial charge on any atom is 0.373 e. The van der Waals surface area contributed by atoms with E-state index in [1.54, 1.807) is 22.8 Å². The maximum absolute atomic E-state index is 12.2. The van der Waals surface area contributed by atoms with Crippen molar-refractivity contribution in [3.8, 4) is 5.88 Å². The number of amides is 1.